The van der Waals surface area contributed by atoms with E-state index in [1.54, 1.807) is 0 Å². The molecule has 0 bridgehead atoms. The van der Waals surface area contributed by atoms with Gasteiger partial charge in [-0.05, 0) is 0 Å². The van der Waals surface area contributed by atoms with Crippen LogP contribution in [0.3, 0.4) is 0 Å². The Bertz CT molecular complexity index is 236. The summed E-state index contributed by atoms with van der Waals surface area (Å²) < 4.78 is 72.4. The molecule has 0 N–H and O–H groups in total. The van der Waals surface area contributed by atoms with Crippen molar-refractivity contribution in [2.24, 2.45) is 5.92 Å². The van der Waals surface area contributed by atoms with Gasteiger partial charge < -0.3 is 4.90 Å². The minimum Gasteiger partial charge on any atom is -0.344 e. The van der Waals surface area contributed by atoms with Crippen LogP contribution in [0.5, 0.6) is 0 Å². The maximum atomic E-state index is 12.1. The number of amides is 1. The summed E-state index contributed by atoms with van der Waals surface area (Å²) in [5.74, 6) is -6.29. The summed E-state index contributed by atoms with van der Waals surface area (Å²) in [5, 5.41) is 0. The lowest BCUT2D eigenvalue weighted by Crippen LogP contribution is -2.48. The molecular formula is C7H8ClF6NO. The molecule has 0 aromatic heterocycles. The van der Waals surface area contributed by atoms with Gasteiger partial charge in [0.2, 0.25) is 11.8 Å². The second kappa shape index (κ2) is 5.11. The maximum Gasteiger partial charge on any atom is 0.409 e. The Balaban J connectivity index is 5.00. The number of carbonyl (C=O) groups excluding carboxylic acids is 1. The number of alkyl halides is 7. The van der Waals surface area contributed by atoms with Crippen molar-refractivity contribution in [3.05, 3.63) is 0 Å². The maximum absolute atomic E-state index is 12.1. The topological polar surface area (TPSA) is 20.3 Å². The third kappa shape index (κ3) is 4.07. The van der Waals surface area contributed by atoms with E-state index in [-0.39, 0.29) is 12.4 Å². The van der Waals surface area contributed by atoms with Crippen molar-refractivity contribution in [2.75, 3.05) is 19.5 Å². The number of rotatable bonds is 3. The molecule has 0 unspecified atom stereocenters. The van der Waals surface area contributed by atoms with Crippen molar-refractivity contribution in [2.45, 2.75) is 12.4 Å². The lowest BCUT2D eigenvalue weighted by atomic mass is 10.1. The Morgan fingerprint density at radius 3 is 1.81 bits per heavy atom. The molecule has 0 saturated carbocycles. The van der Waals surface area contributed by atoms with Gasteiger partial charge in [-0.2, -0.15) is 26.3 Å². The summed E-state index contributed by atoms with van der Waals surface area (Å²) in [5.41, 5.74) is 0. The Labute approximate surface area is 92.1 Å². The Morgan fingerprint density at radius 1 is 1.19 bits per heavy atom. The number of nitrogens with zero attached hydrogens (tertiary/aromatic N) is 1. The summed E-state index contributed by atoms with van der Waals surface area (Å²) in [4.78, 5) is 11.3. The number of halogens is 7. The molecule has 0 aliphatic heterocycles. The molecule has 0 aliphatic rings. The van der Waals surface area contributed by atoms with Gasteiger partial charge >= 0.3 is 12.4 Å². The molecule has 0 radical (unpaired) electrons. The Morgan fingerprint density at radius 2 is 1.56 bits per heavy atom. The van der Waals surface area contributed by atoms with Crippen LogP contribution >= 0.6 is 11.6 Å². The molecule has 0 aromatic carbocycles. The first-order valence-electron chi connectivity index (χ1n) is 3.96. The molecule has 0 heterocycles. The van der Waals surface area contributed by atoms with Crippen LogP contribution in [0, 0.1) is 5.92 Å². The quantitative estimate of drug-likeness (QED) is 0.570. The highest BCUT2D eigenvalue weighted by Gasteiger charge is 2.61. The SMILES string of the molecule is CN(CCCl)C(=O)C(C(F)(F)F)C(F)(F)F. The standard InChI is InChI=1S/C7H8ClF6NO/c1-15(3-2-8)5(16)4(6(9,10)11)7(12,13)14/h4H,2-3H2,1H3. The van der Waals surface area contributed by atoms with Crippen molar-refractivity contribution in [1.29, 1.82) is 0 Å². The summed E-state index contributed by atoms with van der Waals surface area (Å²) in [6.45, 7) is -0.386. The van der Waals surface area contributed by atoms with E-state index >= 15 is 0 Å². The zero-order valence-corrected chi connectivity index (χ0v) is 8.75. The average Bonchev–Trinajstić information content (AvgIpc) is 1.98. The average molecular weight is 272 g/mol. The number of carbonyl (C=O) groups is 1. The van der Waals surface area contributed by atoms with Gasteiger partial charge in [0.1, 0.15) is 0 Å². The summed E-state index contributed by atoms with van der Waals surface area (Å²) in [7, 11) is 0.829. The summed E-state index contributed by atoms with van der Waals surface area (Å²) in [6, 6.07) is 0. The third-order valence-electron chi connectivity index (χ3n) is 1.70. The molecule has 0 saturated heterocycles. The van der Waals surface area contributed by atoms with Crippen LogP contribution in [-0.4, -0.2) is 42.6 Å². The van der Waals surface area contributed by atoms with Crippen LogP contribution < -0.4 is 0 Å². The van der Waals surface area contributed by atoms with Gasteiger partial charge in [-0.15, -0.1) is 11.6 Å². The van der Waals surface area contributed by atoms with E-state index < -0.39 is 24.2 Å². The molecule has 2 nitrogen and oxygen atoms in total. The van der Waals surface area contributed by atoms with Gasteiger partial charge in [-0.25, -0.2) is 0 Å². The molecule has 0 aromatic rings. The normalized spacial score (nSPS) is 13.1. The van der Waals surface area contributed by atoms with Crippen LogP contribution in [-0.2, 0) is 4.79 Å². The van der Waals surface area contributed by atoms with Crippen molar-refractivity contribution < 1.29 is 31.1 Å². The first-order valence-corrected chi connectivity index (χ1v) is 4.49. The highest BCUT2D eigenvalue weighted by atomic mass is 35.5. The fourth-order valence-corrected chi connectivity index (χ4v) is 1.18. The molecule has 0 atom stereocenters. The zero-order chi connectivity index (χ0) is 13.1. The third-order valence-corrected chi connectivity index (χ3v) is 1.87. The van der Waals surface area contributed by atoms with E-state index in [1.807, 2.05) is 0 Å². The molecule has 0 rings (SSSR count). The first kappa shape index (κ1) is 15.3. The van der Waals surface area contributed by atoms with Gasteiger partial charge in [0.05, 0.1) is 0 Å². The Hall–Kier alpha value is -0.660. The highest BCUT2D eigenvalue weighted by Crippen LogP contribution is 2.40. The number of hydrogen-bond donors (Lipinski definition) is 0. The molecule has 9 heteroatoms. The van der Waals surface area contributed by atoms with Crippen LogP contribution in [0.1, 0.15) is 0 Å². The van der Waals surface area contributed by atoms with E-state index in [1.165, 1.54) is 0 Å². The predicted octanol–water partition coefficient (Wildman–Crippen LogP) is 2.42. The van der Waals surface area contributed by atoms with E-state index in [0.717, 1.165) is 7.05 Å². The smallest absolute Gasteiger partial charge is 0.344 e. The molecule has 0 spiro atoms. The summed E-state index contributed by atoms with van der Waals surface area (Å²) in [6.07, 6.45) is -11.3. The van der Waals surface area contributed by atoms with Crippen LogP contribution in [0.2, 0.25) is 0 Å². The zero-order valence-electron chi connectivity index (χ0n) is 7.99. The highest BCUT2D eigenvalue weighted by molar-refractivity contribution is 6.18. The van der Waals surface area contributed by atoms with E-state index in [4.69, 9.17) is 11.6 Å². The van der Waals surface area contributed by atoms with E-state index in [9.17, 15) is 31.1 Å². The fraction of sp³-hybridized carbons (Fsp3) is 0.857. The summed E-state index contributed by atoms with van der Waals surface area (Å²) >= 11 is 5.12. The molecule has 1 amide bonds. The second-order valence-corrected chi connectivity index (χ2v) is 3.34. The molecule has 0 aliphatic carbocycles. The molecule has 96 valence electrons. The molecular weight excluding hydrogens is 264 g/mol. The monoisotopic (exact) mass is 271 g/mol. The van der Waals surface area contributed by atoms with Crippen molar-refractivity contribution >= 4 is 17.5 Å². The molecule has 0 fully saturated rings. The van der Waals surface area contributed by atoms with Crippen LogP contribution in [0.25, 0.3) is 0 Å². The van der Waals surface area contributed by atoms with Crippen molar-refractivity contribution in [3.63, 3.8) is 0 Å². The van der Waals surface area contributed by atoms with Gasteiger partial charge in [0, 0.05) is 19.5 Å². The second-order valence-electron chi connectivity index (χ2n) is 2.97. The Kier molecular flexibility index (Phi) is 4.90. The van der Waals surface area contributed by atoms with Crippen LogP contribution in [0.15, 0.2) is 0 Å². The van der Waals surface area contributed by atoms with E-state index in [0.29, 0.717) is 4.90 Å². The van der Waals surface area contributed by atoms with Crippen molar-refractivity contribution in [1.82, 2.24) is 4.90 Å². The van der Waals surface area contributed by atoms with Crippen LogP contribution in [0.4, 0.5) is 26.3 Å². The van der Waals surface area contributed by atoms with E-state index in [2.05, 4.69) is 0 Å². The number of hydrogen-bond acceptors (Lipinski definition) is 1. The van der Waals surface area contributed by atoms with Gasteiger partial charge in [0.15, 0.2) is 0 Å². The lowest BCUT2D eigenvalue weighted by Gasteiger charge is -2.26. The minimum absolute atomic E-state index is 0.245. The van der Waals surface area contributed by atoms with Crippen molar-refractivity contribution in [3.8, 4) is 0 Å². The lowest BCUT2D eigenvalue weighted by molar-refractivity contribution is -0.277. The molecule has 16 heavy (non-hydrogen) atoms. The van der Waals surface area contributed by atoms with Gasteiger partial charge in [-0.1, -0.05) is 0 Å². The first-order chi connectivity index (χ1) is 7.01. The van der Waals surface area contributed by atoms with Gasteiger partial charge in [-0.3, -0.25) is 4.79 Å². The largest absolute Gasteiger partial charge is 0.409 e. The fourth-order valence-electron chi connectivity index (χ4n) is 0.923. The van der Waals surface area contributed by atoms with Gasteiger partial charge in [0.25, 0.3) is 0 Å². The minimum atomic E-state index is -5.66. The predicted molar refractivity (Wildman–Crippen MR) is 44.0 cm³/mol.